The zero-order chi connectivity index (χ0) is 15.0. The number of Topliss-reactive ketones (excluding diaryl/α,β-unsaturated/α-hetero) is 1. The van der Waals surface area contributed by atoms with E-state index >= 15 is 0 Å². The quantitative estimate of drug-likeness (QED) is 0.852. The first-order chi connectivity index (χ1) is 10.1. The second-order valence-electron chi connectivity index (χ2n) is 4.64. The Bertz CT molecular complexity index is 793. The molecule has 0 amide bonds. The Balaban J connectivity index is 2.07. The van der Waals surface area contributed by atoms with Crippen molar-refractivity contribution in [2.24, 2.45) is 0 Å². The predicted molar refractivity (Wildman–Crippen MR) is 84.2 cm³/mol. The van der Waals surface area contributed by atoms with Crippen molar-refractivity contribution in [2.75, 3.05) is 5.73 Å². The first-order valence-corrected chi connectivity index (χ1v) is 6.73. The van der Waals surface area contributed by atoms with Gasteiger partial charge in [-0.3, -0.25) is 4.79 Å². The van der Waals surface area contributed by atoms with Gasteiger partial charge in [-0.05, 0) is 17.7 Å². The summed E-state index contributed by atoms with van der Waals surface area (Å²) in [5.74, 6) is 0.418. The van der Waals surface area contributed by atoms with E-state index < -0.39 is 0 Å². The summed E-state index contributed by atoms with van der Waals surface area (Å²) in [5, 5.41) is 0.0157. The number of carbonyl (C=O) groups excluding carboxylic acids is 1. The highest BCUT2D eigenvalue weighted by Gasteiger charge is 2.29. The molecule has 0 bridgehead atoms. The Hall–Kier alpha value is -2.52. The topological polar surface area (TPSA) is 52.3 Å². The number of nitrogen functional groups attached to an aromatic ring is 1. The van der Waals surface area contributed by atoms with Crippen LogP contribution in [0.1, 0.15) is 15.9 Å². The van der Waals surface area contributed by atoms with Crippen LogP contribution in [0, 0.1) is 0 Å². The summed E-state index contributed by atoms with van der Waals surface area (Å²) < 4.78 is 5.74. The van der Waals surface area contributed by atoms with Crippen molar-refractivity contribution in [1.82, 2.24) is 0 Å². The van der Waals surface area contributed by atoms with Crippen LogP contribution < -0.4 is 10.5 Å². The normalized spacial score (nSPS) is 14.1. The maximum absolute atomic E-state index is 12.3. The van der Waals surface area contributed by atoms with Gasteiger partial charge in [-0.1, -0.05) is 54.6 Å². The molecule has 0 saturated heterocycles. The number of nitrogens with two attached hydrogens (primary N) is 1. The summed E-state index contributed by atoms with van der Waals surface area (Å²) in [7, 11) is 0. The van der Waals surface area contributed by atoms with Gasteiger partial charge in [-0.2, -0.15) is 0 Å². The molecule has 0 aliphatic heterocycles. The number of ketones is 1. The van der Waals surface area contributed by atoms with Crippen LogP contribution in [0.5, 0.6) is 5.75 Å². The van der Waals surface area contributed by atoms with Gasteiger partial charge < -0.3 is 10.5 Å². The monoisotopic (exact) mass is 297 g/mol. The van der Waals surface area contributed by atoms with Gasteiger partial charge in [0, 0.05) is 11.1 Å². The molecule has 1 aliphatic carbocycles. The number of carbonyl (C=O) groups is 1. The second kappa shape index (κ2) is 5.11. The lowest BCUT2D eigenvalue weighted by Gasteiger charge is -2.21. The molecular weight excluding hydrogens is 286 g/mol. The third-order valence-corrected chi connectivity index (χ3v) is 3.64. The fourth-order valence-electron chi connectivity index (χ4n) is 2.21. The molecule has 3 rings (SSSR count). The lowest BCUT2D eigenvalue weighted by Crippen LogP contribution is -2.16. The molecule has 0 radical (unpaired) electrons. The average molecular weight is 298 g/mol. The third-order valence-electron chi connectivity index (χ3n) is 3.30. The molecule has 0 saturated carbocycles. The number of para-hydroxylation sites is 2. The average Bonchev–Trinajstić information content (AvgIpc) is 2.51. The van der Waals surface area contributed by atoms with Crippen molar-refractivity contribution < 1.29 is 9.53 Å². The minimum Gasteiger partial charge on any atom is -0.453 e. The first-order valence-electron chi connectivity index (χ1n) is 6.35. The van der Waals surface area contributed by atoms with Gasteiger partial charge in [0.2, 0.25) is 5.78 Å². The SMILES string of the molecule is C=C1C(Oc2ccccc2N)=C(Cl)C(=O)c2ccccc21. The molecule has 21 heavy (non-hydrogen) atoms. The molecule has 4 heteroatoms. The van der Waals surface area contributed by atoms with Crippen molar-refractivity contribution in [3.63, 3.8) is 0 Å². The van der Waals surface area contributed by atoms with Gasteiger partial charge in [-0.15, -0.1) is 0 Å². The molecule has 1 aliphatic rings. The summed E-state index contributed by atoms with van der Waals surface area (Å²) >= 11 is 6.16. The van der Waals surface area contributed by atoms with E-state index in [1.807, 2.05) is 12.1 Å². The van der Waals surface area contributed by atoms with Gasteiger partial charge in [0.25, 0.3) is 0 Å². The number of allylic oxidation sites excluding steroid dienone is 2. The van der Waals surface area contributed by atoms with Gasteiger partial charge in [0.15, 0.2) is 5.76 Å². The van der Waals surface area contributed by atoms with Crippen LogP contribution in [-0.4, -0.2) is 5.78 Å². The molecule has 0 atom stereocenters. The Morgan fingerprint density at radius 3 is 2.33 bits per heavy atom. The molecule has 2 N–H and O–H groups in total. The van der Waals surface area contributed by atoms with Gasteiger partial charge in [0.1, 0.15) is 10.8 Å². The van der Waals surface area contributed by atoms with E-state index in [0.29, 0.717) is 22.6 Å². The highest BCUT2D eigenvalue weighted by Crippen LogP contribution is 2.37. The number of anilines is 1. The number of ether oxygens (including phenoxy) is 1. The maximum Gasteiger partial charge on any atom is 0.208 e. The second-order valence-corrected chi connectivity index (χ2v) is 5.01. The van der Waals surface area contributed by atoms with E-state index in [2.05, 4.69) is 6.58 Å². The number of benzene rings is 2. The lowest BCUT2D eigenvalue weighted by atomic mass is 9.91. The maximum atomic E-state index is 12.3. The van der Waals surface area contributed by atoms with Crippen molar-refractivity contribution in [1.29, 1.82) is 0 Å². The minimum atomic E-state index is -0.274. The van der Waals surface area contributed by atoms with Crippen molar-refractivity contribution in [3.8, 4) is 5.75 Å². The van der Waals surface area contributed by atoms with Gasteiger partial charge in [-0.25, -0.2) is 0 Å². The zero-order valence-electron chi connectivity index (χ0n) is 11.1. The number of hydrogen-bond donors (Lipinski definition) is 1. The molecule has 2 aromatic carbocycles. The van der Waals surface area contributed by atoms with Crippen LogP contribution in [0.25, 0.3) is 5.57 Å². The Labute approximate surface area is 127 Å². The fraction of sp³-hybridized carbons (Fsp3) is 0. The lowest BCUT2D eigenvalue weighted by molar-refractivity contribution is 0.103. The van der Waals surface area contributed by atoms with Crippen molar-refractivity contribution >= 4 is 28.6 Å². The molecule has 2 aromatic rings. The van der Waals surface area contributed by atoms with Crippen LogP contribution in [0.4, 0.5) is 5.69 Å². The van der Waals surface area contributed by atoms with Gasteiger partial charge >= 0.3 is 0 Å². The molecular formula is C17H12ClNO2. The summed E-state index contributed by atoms with van der Waals surface area (Å²) in [6, 6.07) is 14.2. The molecule has 0 spiro atoms. The highest BCUT2D eigenvalue weighted by atomic mass is 35.5. The Morgan fingerprint density at radius 2 is 1.62 bits per heavy atom. The largest absolute Gasteiger partial charge is 0.453 e. The number of halogens is 1. The van der Waals surface area contributed by atoms with E-state index in [0.717, 1.165) is 5.56 Å². The molecule has 0 unspecified atom stereocenters. The minimum absolute atomic E-state index is 0.0157. The van der Waals surface area contributed by atoms with E-state index in [1.54, 1.807) is 36.4 Å². The molecule has 0 fully saturated rings. The van der Waals surface area contributed by atoms with E-state index in [-0.39, 0.29) is 16.6 Å². The van der Waals surface area contributed by atoms with E-state index in [4.69, 9.17) is 22.1 Å². The van der Waals surface area contributed by atoms with Crippen molar-refractivity contribution in [3.05, 3.63) is 77.0 Å². The standard InChI is InChI=1S/C17H12ClNO2/c1-10-11-6-2-3-7-12(11)16(20)15(18)17(10)21-14-9-5-4-8-13(14)19/h2-9H,1,19H2. The number of hydrogen-bond acceptors (Lipinski definition) is 3. The van der Waals surface area contributed by atoms with Crippen LogP contribution in [0.2, 0.25) is 0 Å². The van der Waals surface area contributed by atoms with Crippen LogP contribution >= 0.6 is 11.6 Å². The smallest absolute Gasteiger partial charge is 0.208 e. The molecule has 3 nitrogen and oxygen atoms in total. The molecule has 0 heterocycles. The van der Waals surface area contributed by atoms with E-state index in [1.165, 1.54) is 0 Å². The van der Waals surface area contributed by atoms with Crippen LogP contribution in [0.15, 0.2) is 65.9 Å². The van der Waals surface area contributed by atoms with Crippen molar-refractivity contribution in [2.45, 2.75) is 0 Å². The third kappa shape index (κ3) is 2.22. The van der Waals surface area contributed by atoms with E-state index in [9.17, 15) is 4.79 Å². The van der Waals surface area contributed by atoms with Crippen LogP contribution in [0.3, 0.4) is 0 Å². The Morgan fingerprint density at radius 1 is 1.00 bits per heavy atom. The summed E-state index contributed by atoms with van der Waals surface area (Å²) in [6.07, 6.45) is 0. The summed E-state index contributed by atoms with van der Waals surface area (Å²) in [6.45, 7) is 3.99. The zero-order valence-corrected chi connectivity index (χ0v) is 11.9. The number of rotatable bonds is 2. The first kappa shape index (κ1) is 13.5. The molecule has 104 valence electrons. The Kier molecular flexibility index (Phi) is 3.28. The molecule has 0 aromatic heterocycles. The summed E-state index contributed by atoms with van der Waals surface area (Å²) in [4.78, 5) is 12.3. The number of fused-ring (bicyclic) bond motifs is 1. The summed E-state index contributed by atoms with van der Waals surface area (Å²) in [5.41, 5.74) is 8.13. The highest BCUT2D eigenvalue weighted by molar-refractivity contribution is 6.47. The van der Waals surface area contributed by atoms with Crippen LogP contribution in [-0.2, 0) is 0 Å². The predicted octanol–water partition coefficient (Wildman–Crippen LogP) is 4.01. The fourth-order valence-corrected chi connectivity index (χ4v) is 2.46. The van der Waals surface area contributed by atoms with Gasteiger partial charge in [0.05, 0.1) is 5.69 Å².